The second-order valence-electron chi connectivity index (χ2n) is 6.03. The van der Waals surface area contributed by atoms with Crippen LogP contribution in [0.2, 0.25) is 0 Å². The Morgan fingerprint density at radius 1 is 1.33 bits per heavy atom. The molecule has 4 heteroatoms. The van der Waals surface area contributed by atoms with Gasteiger partial charge >= 0.3 is 0 Å². The Hall–Kier alpha value is -1.81. The molecule has 0 amide bonds. The van der Waals surface area contributed by atoms with Crippen molar-refractivity contribution in [2.45, 2.75) is 31.8 Å². The lowest BCUT2D eigenvalue weighted by Crippen LogP contribution is -2.26. The van der Waals surface area contributed by atoms with Crippen molar-refractivity contribution in [1.29, 1.82) is 0 Å². The van der Waals surface area contributed by atoms with E-state index in [-0.39, 0.29) is 0 Å². The lowest BCUT2D eigenvalue weighted by Gasteiger charge is -2.26. The number of rotatable bonds is 4. The molecule has 0 spiro atoms. The Morgan fingerprint density at radius 2 is 2.14 bits per heavy atom. The third-order valence-corrected chi connectivity index (χ3v) is 4.36. The second kappa shape index (κ2) is 5.90. The Balaban J connectivity index is 1.72. The summed E-state index contributed by atoms with van der Waals surface area (Å²) < 4.78 is 2.15. The maximum Gasteiger partial charge on any atom is 0.204 e. The summed E-state index contributed by atoms with van der Waals surface area (Å²) >= 11 is 0. The second-order valence-corrected chi connectivity index (χ2v) is 6.03. The van der Waals surface area contributed by atoms with Gasteiger partial charge in [0.25, 0.3) is 0 Å². The molecule has 0 saturated heterocycles. The van der Waals surface area contributed by atoms with Gasteiger partial charge in [0.15, 0.2) is 0 Å². The van der Waals surface area contributed by atoms with E-state index < -0.39 is 0 Å². The van der Waals surface area contributed by atoms with Gasteiger partial charge in [-0.2, -0.15) is 0 Å². The molecule has 1 N–H and O–H groups in total. The largest absolute Gasteiger partial charge is 0.348 e. The molecule has 21 heavy (non-hydrogen) atoms. The summed E-state index contributed by atoms with van der Waals surface area (Å²) in [6.07, 6.45) is 5.67. The van der Waals surface area contributed by atoms with Gasteiger partial charge in [-0.3, -0.25) is 0 Å². The van der Waals surface area contributed by atoms with E-state index in [9.17, 15) is 0 Å². The molecular formula is C17H24N4. The molecule has 0 radical (unpaired) electrons. The van der Waals surface area contributed by atoms with Gasteiger partial charge in [0.05, 0.1) is 11.9 Å². The number of hydrogen-bond donors (Lipinski definition) is 1. The van der Waals surface area contributed by atoms with Crippen molar-refractivity contribution >= 4 is 5.95 Å². The van der Waals surface area contributed by atoms with Gasteiger partial charge < -0.3 is 14.8 Å². The highest BCUT2D eigenvalue weighted by Gasteiger charge is 2.19. The Kier molecular flexibility index (Phi) is 3.97. The molecule has 0 saturated carbocycles. The van der Waals surface area contributed by atoms with Crippen LogP contribution in [-0.4, -0.2) is 23.6 Å². The lowest BCUT2D eigenvalue weighted by atomic mass is 9.88. The van der Waals surface area contributed by atoms with Crippen molar-refractivity contribution in [2.24, 2.45) is 7.05 Å². The predicted octanol–water partition coefficient (Wildman–Crippen LogP) is 2.65. The molecule has 0 fully saturated rings. The predicted molar refractivity (Wildman–Crippen MR) is 86.5 cm³/mol. The lowest BCUT2D eigenvalue weighted by molar-refractivity contribution is 0.453. The van der Waals surface area contributed by atoms with Crippen LogP contribution in [-0.2, 0) is 20.0 Å². The van der Waals surface area contributed by atoms with Gasteiger partial charge in [0.2, 0.25) is 5.95 Å². The summed E-state index contributed by atoms with van der Waals surface area (Å²) in [5.74, 6) is 0.996. The van der Waals surface area contributed by atoms with Gasteiger partial charge in [0.1, 0.15) is 0 Å². The molecule has 1 aromatic heterocycles. The maximum atomic E-state index is 4.47. The quantitative estimate of drug-likeness (QED) is 0.937. The fourth-order valence-corrected chi connectivity index (χ4v) is 3.21. The van der Waals surface area contributed by atoms with Crippen LogP contribution in [0, 0.1) is 0 Å². The summed E-state index contributed by atoms with van der Waals surface area (Å²) in [4.78, 5) is 6.51. The molecule has 1 atom stereocenters. The van der Waals surface area contributed by atoms with Crippen molar-refractivity contribution in [2.75, 3.05) is 19.0 Å². The van der Waals surface area contributed by atoms with E-state index in [1.54, 1.807) is 0 Å². The number of benzene rings is 1. The van der Waals surface area contributed by atoms with E-state index in [4.69, 9.17) is 0 Å². The Bertz CT molecular complexity index is 615. The van der Waals surface area contributed by atoms with E-state index in [1.165, 1.54) is 36.1 Å². The van der Waals surface area contributed by atoms with Crippen molar-refractivity contribution in [3.05, 3.63) is 47.3 Å². The van der Waals surface area contributed by atoms with Crippen LogP contribution in [0.1, 0.15) is 35.7 Å². The van der Waals surface area contributed by atoms with Gasteiger partial charge in [-0.1, -0.05) is 24.3 Å². The average molecular weight is 284 g/mol. The molecule has 1 aliphatic rings. The van der Waals surface area contributed by atoms with Gasteiger partial charge in [0, 0.05) is 33.7 Å². The van der Waals surface area contributed by atoms with E-state index in [2.05, 4.69) is 46.2 Å². The molecule has 4 nitrogen and oxygen atoms in total. The first-order valence-electron chi connectivity index (χ1n) is 7.66. The molecule has 1 aliphatic carbocycles. The first kappa shape index (κ1) is 14.1. The van der Waals surface area contributed by atoms with Gasteiger partial charge in [-0.25, -0.2) is 4.98 Å². The summed E-state index contributed by atoms with van der Waals surface area (Å²) in [5.41, 5.74) is 4.20. The number of aromatic nitrogens is 2. The highest BCUT2D eigenvalue weighted by atomic mass is 15.3. The van der Waals surface area contributed by atoms with Crippen LogP contribution in [0.15, 0.2) is 30.5 Å². The molecule has 0 aliphatic heterocycles. The van der Waals surface area contributed by atoms with Crippen LogP contribution >= 0.6 is 0 Å². The Labute approximate surface area is 126 Å². The number of fused-ring (bicyclic) bond motifs is 1. The number of aryl methyl sites for hydroxylation is 1. The molecular weight excluding hydrogens is 260 g/mol. The number of anilines is 1. The minimum atomic E-state index is 0.465. The smallest absolute Gasteiger partial charge is 0.204 e. The van der Waals surface area contributed by atoms with Crippen LogP contribution < -0.4 is 10.2 Å². The van der Waals surface area contributed by atoms with Crippen molar-refractivity contribution < 1.29 is 0 Å². The minimum absolute atomic E-state index is 0.465. The third-order valence-electron chi connectivity index (χ3n) is 4.36. The van der Waals surface area contributed by atoms with Crippen molar-refractivity contribution in [3.63, 3.8) is 0 Å². The number of nitrogens with zero attached hydrogens (tertiary/aromatic N) is 3. The Morgan fingerprint density at radius 3 is 2.90 bits per heavy atom. The summed E-state index contributed by atoms with van der Waals surface area (Å²) in [5, 5.41) is 3.71. The highest BCUT2D eigenvalue weighted by molar-refractivity contribution is 5.33. The van der Waals surface area contributed by atoms with E-state index in [0.717, 1.165) is 12.5 Å². The standard InChI is InChI=1S/C17H24N4/c1-20(2)17-19-12-14(21(17)3)11-18-16-10-6-8-13-7-4-5-9-15(13)16/h4-5,7,9,12,16,18H,6,8,10-11H2,1-3H3. The monoisotopic (exact) mass is 284 g/mol. The molecule has 2 aromatic rings. The van der Waals surface area contributed by atoms with Gasteiger partial charge in [-0.05, 0) is 30.4 Å². The normalized spacial score (nSPS) is 17.6. The zero-order valence-corrected chi connectivity index (χ0v) is 13.1. The number of imidazole rings is 1. The van der Waals surface area contributed by atoms with Crippen LogP contribution in [0.25, 0.3) is 0 Å². The third kappa shape index (κ3) is 2.81. The molecule has 3 rings (SSSR count). The van der Waals surface area contributed by atoms with Crippen molar-refractivity contribution in [3.8, 4) is 0 Å². The van der Waals surface area contributed by atoms with Gasteiger partial charge in [-0.15, -0.1) is 0 Å². The fraction of sp³-hybridized carbons (Fsp3) is 0.471. The zero-order valence-electron chi connectivity index (χ0n) is 13.1. The molecule has 1 aromatic carbocycles. The maximum absolute atomic E-state index is 4.47. The SMILES string of the molecule is CN(C)c1ncc(CNC2CCCc3ccccc32)n1C. The first-order valence-corrected chi connectivity index (χ1v) is 7.66. The minimum Gasteiger partial charge on any atom is -0.348 e. The van der Waals surface area contributed by atoms with Crippen molar-refractivity contribution in [1.82, 2.24) is 14.9 Å². The van der Waals surface area contributed by atoms with E-state index >= 15 is 0 Å². The average Bonchev–Trinajstić information content (AvgIpc) is 2.86. The van der Waals surface area contributed by atoms with Crippen LogP contribution in [0.5, 0.6) is 0 Å². The van der Waals surface area contributed by atoms with Crippen LogP contribution in [0.4, 0.5) is 5.95 Å². The summed E-state index contributed by atoms with van der Waals surface area (Å²) in [7, 11) is 6.13. The zero-order chi connectivity index (χ0) is 14.8. The number of nitrogens with one attached hydrogen (secondary N) is 1. The molecule has 112 valence electrons. The molecule has 1 heterocycles. The fourth-order valence-electron chi connectivity index (χ4n) is 3.21. The molecule has 0 bridgehead atoms. The topological polar surface area (TPSA) is 33.1 Å². The first-order chi connectivity index (χ1) is 10.2. The summed E-state index contributed by atoms with van der Waals surface area (Å²) in [6.45, 7) is 0.857. The van der Waals surface area contributed by atoms with Crippen LogP contribution in [0.3, 0.4) is 0 Å². The molecule has 1 unspecified atom stereocenters. The van der Waals surface area contributed by atoms with E-state index in [0.29, 0.717) is 6.04 Å². The summed E-state index contributed by atoms with van der Waals surface area (Å²) in [6, 6.07) is 9.28. The highest BCUT2D eigenvalue weighted by Crippen LogP contribution is 2.29. The number of hydrogen-bond acceptors (Lipinski definition) is 3. The van der Waals surface area contributed by atoms with E-state index in [1.807, 2.05) is 25.2 Å².